The lowest BCUT2D eigenvalue weighted by Gasteiger charge is -2.06. The molecule has 0 aromatic heterocycles. The molecule has 0 radical (unpaired) electrons. The fourth-order valence-electron chi connectivity index (χ4n) is 1.46. The highest BCUT2D eigenvalue weighted by Crippen LogP contribution is 2.27. The van der Waals surface area contributed by atoms with Gasteiger partial charge in [0.2, 0.25) is 0 Å². The third-order valence-electron chi connectivity index (χ3n) is 2.52. The molecule has 0 saturated heterocycles. The second-order valence-corrected chi connectivity index (χ2v) is 5.05. The molecule has 0 amide bonds. The highest BCUT2D eigenvalue weighted by molar-refractivity contribution is 9.10. The van der Waals surface area contributed by atoms with Crippen LogP contribution in [0.15, 0.2) is 16.6 Å². The van der Waals surface area contributed by atoms with E-state index in [4.69, 9.17) is 11.6 Å². The van der Waals surface area contributed by atoms with Crippen LogP contribution in [-0.2, 0) is 6.42 Å². The zero-order valence-electron chi connectivity index (χ0n) is 8.19. The van der Waals surface area contributed by atoms with E-state index in [-0.39, 0.29) is 10.8 Å². The molecule has 4 heteroatoms. The zero-order chi connectivity index (χ0) is 10.8. The van der Waals surface area contributed by atoms with Crippen LogP contribution in [0.3, 0.4) is 0 Å². The van der Waals surface area contributed by atoms with Crippen molar-refractivity contribution in [3.8, 4) is 0 Å². The minimum Gasteiger partial charge on any atom is -0.314 e. The number of benzene rings is 1. The number of halogens is 3. The number of hydrogen-bond donors (Lipinski definition) is 1. The number of hydrogen-bond acceptors (Lipinski definition) is 1. The first-order chi connectivity index (χ1) is 7.18. The van der Waals surface area contributed by atoms with Gasteiger partial charge in [0.05, 0.1) is 5.02 Å². The van der Waals surface area contributed by atoms with Crippen LogP contribution < -0.4 is 5.32 Å². The third kappa shape index (κ3) is 2.92. The van der Waals surface area contributed by atoms with Crippen molar-refractivity contribution in [2.75, 3.05) is 6.54 Å². The first kappa shape index (κ1) is 11.4. The van der Waals surface area contributed by atoms with Gasteiger partial charge in [0, 0.05) is 10.5 Å². The van der Waals surface area contributed by atoms with Crippen LogP contribution in [0.2, 0.25) is 5.02 Å². The summed E-state index contributed by atoms with van der Waals surface area (Å²) < 4.78 is 14.2. The zero-order valence-corrected chi connectivity index (χ0v) is 10.5. The Morgan fingerprint density at radius 2 is 2.20 bits per heavy atom. The molecule has 0 unspecified atom stereocenters. The Balaban J connectivity index is 1.97. The van der Waals surface area contributed by atoms with Crippen molar-refractivity contribution in [3.05, 3.63) is 33.0 Å². The average Bonchev–Trinajstić information content (AvgIpc) is 3.02. The van der Waals surface area contributed by atoms with Gasteiger partial charge in [0.1, 0.15) is 5.82 Å². The SMILES string of the molecule is Fc1c(CCNC2CC2)ccc(Br)c1Cl. The maximum absolute atomic E-state index is 13.6. The van der Waals surface area contributed by atoms with Crippen LogP contribution in [0, 0.1) is 5.82 Å². The van der Waals surface area contributed by atoms with Gasteiger partial charge in [-0.3, -0.25) is 0 Å². The van der Waals surface area contributed by atoms with Gasteiger partial charge < -0.3 is 5.32 Å². The van der Waals surface area contributed by atoms with Crippen molar-refractivity contribution < 1.29 is 4.39 Å². The van der Waals surface area contributed by atoms with Crippen molar-refractivity contribution in [2.24, 2.45) is 0 Å². The van der Waals surface area contributed by atoms with Crippen LogP contribution in [-0.4, -0.2) is 12.6 Å². The maximum atomic E-state index is 13.6. The van der Waals surface area contributed by atoms with Gasteiger partial charge in [-0.1, -0.05) is 17.7 Å². The summed E-state index contributed by atoms with van der Waals surface area (Å²) in [5, 5.41) is 3.52. The van der Waals surface area contributed by atoms with E-state index in [2.05, 4.69) is 21.2 Å². The molecule has 1 nitrogen and oxygen atoms in total. The van der Waals surface area contributed by atoms with Crippen LogP contribution in [0.5, 0.6) is 0 Å². The van der Waals surface area contributed by atoms with Gasteiger partial charge in [-0.15, -0.1) is 0 Å². The molecule has 1 fully saturated rings. The largest absolute Gasteiger partial charge is 0.314 e. The van der Waals surface area contributed by atoms with Crippen molar-refractivity contribution in [1.29, 1.82) is 0 Å². The molecule has 1 aliphatic rings. The highest BCUT2D eigenvalue weighted by Gasteiger charge is 2.20. The third-order valence-corrected chi connectivity index (χ3v) is 3.78. The lowest BCUT2D eigenvalue weighted by molar-refractivity contribution is 0.597. The van der Waals surface area contributed by atoms with Gasteiger partial charge in [-0.05, 0) is 53.4 Å². The van der Waals surface area contributed by atoms with Crippen molar-refractivity contribution in [2.45, 2.75) is 25.3 Å². The van der Waals surface area contributed by atoms with E-state index < -0.39 is 0 Å². The summed E-state index contributed by atoms with van der Waals surface area (Å²) in [5.74, 6) is -0.302. The Bertz CT molecular complexity index is 366. The lowest BCUT2D eigenvalue weighted by atomic mass is 10.1. The minimum atomic E-state index is -0.302. The summed E-state index contributed by atoms with van der Waals surface area (Å²) >= 11 is 8.99. The molecule has 1 aromatic carbocycles. The average molecular weight is 293 g/mol. The Labute approximate surface area is 102 Å². The van der Waals surface area contributed by atoms with E-state index >= 15 is 0 Å². The predicted molar refractivity (Wildman–Crippen MR) is 63.8 cm³/mol. The molecule has 0 aliphatic heterocycles. The maximum Gasteiger partial charge on any atom is 0.146 e. The normalized spacial score (nSPS) is 15.7. The topological polar surface area (TPSA) is 12.0 Å². The Kier molecular flexibility index (Phi) is 3.65. The molecule has 0 atom stereocenters. The molecule has 82 valence electrons. The van der Waals surface area contributed by atoms with E-state index in [1.54, 1.807) is 12.1 Å². The Hall–Kier alpha value is -0.120. The molecule has 2 rings (SSSR count). The summed E-state index contributed by atoms with van der Waals surface area (Å²) in [6, 6.07) is 4.23. The molecule has 15 heavy (non-hydrogen) atoms. The van der Waals surface area contributed by atoms with Crippen molar-refractivity contribution in [3.63, 3.8) is 0 Å². The minimum absolute atomic E-state index is 0.180. The van der Waals surface area contributed by atoms with Crippen LogP contribution in [0.4, 0.5) is 4.39 Å². The van der Waals surface area contributed by atoms with E-state index in [9.17, 15) is 4.39 Å². The fraction of sp³-hybridized carbons (Fsp3) is 0.455. The van der Waals surface area contributed by atoms with Gasteiger partial charge >= 0.3 is 0 Å². The standard InChI is InChI=1S/C11H12BrClFN/c12-9-4-1-7(11(14)10(9)13)5-6-15-8-2-3-8/h1,4,8,15H,2-3,5-6H2. The second kappa shape index (κ2) is 4.81. The van der Waals surface area contributed by atoms with E-state index in [0.717, 1.165) is 6.54 Å². The summed E-state index contributed by atoms with van der Waals surface area (Å²) in [6.07, 6.45) is 3.20. The van der Waals surface area contributed by atoms with Gasteiger partial charge in [0.25, 0.3) is 0 Å². The Morgan fingerprint density at radius 1 is 1.47 bits per heavy atom. The Morgan fingerprint density at radius 3 is 2.87 bits per heavy atom. The first-order valence-electron chi connectivity index (χ1n) is 5.04. The fourth-order valence-corrected chi connectivity index (χ4v) is 1.95. The monoisotopic (exact) mass is 291 g/mol. The number of rotatable bonds is 4. The van der Waals surface area contributed by atoms with E-state index in [1.807, 2.05) is 0 Å². The van der Waals surface area contributed by atoms with Gasteiger partial charge in [-0.25, -0.2) is 4.39 Å². The first-order valence-corrected chi connectivity index (χ1v) is 6.21. The second-order valence-electron chi connectivity index (χ2n) is 3.81. The summed E-state index contributed by atoms with van der Waals surface area (Å²) in [6.45, 7) is 0.819. The van der Waals surface area contributed by atoms with Crippen molar-refractivity contribution >= 4 is 27.5 Å². The van der Waals surface area contributed by atoms with Gasteiger partial charge in [-0.2, -0.15) is 0 Å². The number of nitrogens with one attached hydrogen (secondary N) is 1. The molecule has 1 aliphatic carbocycles. The van der Waals surface area contributed by atoms with Crippen molar-refractivity contribution in [1.82, 2.24) is 5.32 Å². The molecular weight excluding hydrogens is 280 g/mol. The lowest BCUT2D eigenvalue weighted by Crippen LogP contribution is -2.19. The van der Waals surface area contributed by atoms with Crippen LogP contribution >= 0.6 is 27.5 Å². The molecule has 0 spiro atoms. The van der Waals surface area contributed by atoms with Gasteiger partial charge in [0.15, 0.2) is 0 Å². The highest BCUT2D eigenvalue weighted by atomic mass is 79.9. The molecule has 1 aromatic rings. The molecule has 0 bridgehead atoms. The summed E-state index contributed by atoms with van der Waals surface area (Å²) in [5.41, 5.74) is 0.677. The molecular formula is C11H12BrClFN. The molecule has 0 heterocycles. The molecule has 1 N–H and O–H groups in total. The predicted octanol–water partition coefficient (Wildman–Crippen LogP) is 3.54. The smallest absolute Gasteiger partial charge is 0.146 e. The molecule has 1 saturated carbocycles. The van der Waals surface area contributed by atoms with E-state index in [1.165, 1.54) is 12.8 Å². The van der Waals surface area contributed by atoms with Crippen LogP contribution in [0.1, 0.15) is 18.4 Å². The quantitative estimate of drug-likeness (QED) is 0.837. The van der Waals surface area contributed by atoms with E-state index in [0.29, 0.717) is 22.5 Å². The summed E-state index contributed by atoms with van der Waals surface area (Å²) in [4.78, 5) is 0. The van der Waals surface area contributed by atoms with Crippen LogP contribution in [0.25, 0.3) is 0 Å². The summed E-state index contributed by atoms with van der Waals surface area (Å²) in [7, 11) is 0.